The summed E-state index contributed by atoms with van der Waals surface area (Å²) in [7, 11) is 1.74. The van der Waals surface area contributed by atoms with Crippen LogP contribution in [0.4, 0.5) is 5.82 Å². The summed E-state index contributed by atoms with van der Waals surface area (Å²) in [5, 5.41) is 12.1. The maximum Gasteiger partial charge on any atom is 0.271 e. The Morgan fingerprint density at radius 1 is 1.32 bits per heavy atom. The lowest BCUT2D eigenvalue weighted by molar-refractivity contribution is 0.0948. The van der Waals surface area contributed by atoms with E-state index in [0.717, 1.165) is 18.7 Å². The molecule has 8 nitrogen and oxygen atoms in total. The van der Waals surface area contributed by atoms with E-state index in [-0.39, 0.29) is 5.91 Å². The standard InChI is InChI=1S/C11H15N7O/c1-12-10-6-14-8(5-15-10)11(19)13-4-2-3-9-16-7-17-18-9/h5-7H,2-4H2,1H3,(H,12,15)(H,13,19)(H,16,17,18). The maximum absolute atomic E-state index is 11.7. The molecule has 0 radical (unpaired) electrons. The molecule has 8 heteroatoms. The minimum absolute atomic E-state index is 0.229. The monoisotopic (exact) mass is 261 g/mol. The first-order valence-corrected chi connectivity index (χ1v) is 5.92. The van der Waals surface area contributed by atoms with Crippen LogP contribution in [0.3, 0.4) is 0 Å². The van der Waals surface area contributed by atoms with Gasteiger partial charge in [-0.25, -0.2) is 15.0 Å². The molecular formula is C11H15N7O. The summed E-state index contributed by atoms with van der Waals surface area (Å²) >= 11 is 0. The summed E-state index contributed by atoms with van der Waals surface area (Å²) in [5.41, 5.74) is 0.304. The molecule has 1 amide bonds. The van der Waals surface area contributed by atoms with Gasteiger partial charge in [-0.05, 0) is 6.42 Å². The number of H-pyrrole nitrogens is 1. The van der Waals surface area contributed by atoms with Crippen LogP contribution in [0.2, 0.25) is 0 Å². The van der Waals surface area contributed by atoms with Crippen LogP contribution in [0.15, 0.2) is 18.7 Å². The molecule has 0 saturated heterocycles. The second-order valence-corrected chi connectivity index (χ2v) is 3.83. The van der Waals surface area contributed by atoms with Crippen LogP contribution in [0.1, 0.15) is 22.7 Å². The number of amides is 1. The Hall–Kier alpha value is -2.51. The van der Waals surface area contributed by atoms with E-state index in [9.17, 15) is 4.79 Å². The summed E-state index contributed by atoms with van der Waals surface area (Å²) < 4.78 is 0. The molecule has 0 atom stereocenters. The number of carbonyl (C=O) groups excluding carboxylic acids is 1. The number of rotatable bonds is 6. The third-order valence-electron chi connectivity index (χ3n) is 2.48. The lowest BCUT2D eigenvalue weighted by Crippen LogP contribution is -2.26. The van der Waals surface area contributed by atoms with Crippen LogP contribution < -0.4 is 10.6 Å². The van der Waals surface area contributed by atoms with Gasteiger partial charge in [0, 0.05) is 20.0 Å². The van der Waals surface area contributed by atoms with Crippen molar-refractivity contribution in [3.63, 3.8) is 0 Å². The number of carbonyl (C=O) groups is 1. The molecule has 0 aliphatic carbocycles. The molecule has 0 spiro atoms. The minimum atomic E-state index is -0.229. The van der Waals surface area contributed by atoms with Crippen molar-refractivity contribution < 1.29 is 4.79 Å². The number of nitrogens with zero attached hydrogens (tertiary/aromatic N) is 4. The number of aromatic nitrogens is 5. The molecule has 0 aliphatic heterocycles. The number of nitrogens with one attached hydrogen (secondary N) is 3. The van der Waals surface area contributed by atoms with Gasteiger partial charge in [-0.15, -0.1) is 0 Å². The topological polar surface area (TPSA) is 108 Å². The molecular weight excluding hydrogens is 246 g/mol. The number of anilines is 1. The van der Waals surface area contributed by atoms with Gasteiger partial charge in [0.1, 0.15) is 23.7 Å². The van der Waals surface area contributed by atoms with Gasteiger partial charge in [-0.1, -0.05) is 0 Å². The zero-order valence-corrected chi connectivity index (χ0v) is 10.6. The molecule has 0 aromatic carbocycles. The zero-order chi connectivity index (χ0) is 13.5. The first-order chi connectivity index (χ1) is 9.29. The zero-order valence-electron chi connectivity index (χ0n) is 10.6. The average molecular weight is 261 g/mol. The highest BCUT2D eigenvalue weighted by molar-refractivity contribution is 5.91. The van der Waals surface area contributed by atoms with Crippen molar-refractivity contribution in [1.29, 1.82) is 0 Å². The van der Waals surface area contributed by atoms with Crippen LogP contribution in [-0.4, -0.2) is 44.6 Å². The van der Waals surface area contributed by atoms with Crippen LogP contribution in [-0.2, 0) is 6.42 Å². The lowest BCUT2D eigenvalue weighted by Gasteiger charge is -2.04. The van der Waals surface area contributed by atoms with Gasteiger partial charge < -0.3 is 10.6 Å². The summed E-state index contributed by atoms with van der Waals surface area (Å²) in [5.74, 6) is 1.21. The smallest absolute Gasteiger partial charge is 0.271 e. The van der Waals surface area contributed by atoms with Crippen molar-refractivity contribution >= 4 is 11.7 Å². The molecule has 2 heterocycles. The van der Waals surface area contributed by atoms with Gasteiger partial charge >= 0.3 is 0 Å². The lowest BCUT2D eigenvalue weighted by atomic mass is 10.3. The molecule has 0 fully saturated rings. The van der Waals surface area contributed by atoms with Crippen LogP contribution >= 0.6 is 0 Å². The largest absolute Gasteiger partial charge is 0.372 e. The van der Waals surface area contributed by atoms with E-state index in [4.69, 9.17) is 0 Å². The predicted octanol–water partition coefficient (Wildman–Crippen LogP) is -0.00100. The molecule has 2 rings (SSSR count). The predicted molar refractivity (Wildman–Crippen MR) is 68.6 cm³/mol. The van der Waals surface area contributed by atoms with Gasteiger partial charge in [0.15, 0.2) is 0 Å². The fourth-order valence-electron chi connectivity index (χ4n) is 1.47. The quantitative estimate of drug-likeness (QED) is 0.631. The Labute approximate surface area is 110 Å². The SMILES string of the molecule is CNc1cnc(C(=O)NCCCc2ncn[nH]2)cn1. The number of hydrogen-bond donors (Lipinski definition) is 3. The fourth-order valence-corrected chi connectivity index (χ4v) is 1.47. The van der Waals surface area contributed by atoms with E-state index in [2.05, 4.69) is 35.8 Å². The second kappa shape index (κ2) is 6.43. The van der Waals surface area contributed by atoms with Crippen molar-refractivity contribution in [1.82, 2.24) is 30.5 Å². The summed E-state index contributed by atoms with van der Waals surface area (Å²) in [6.45, 7) is 0.551. The Balaban J connectivity index is 1.74. The number of aryl methyl sites for hydroxylation is 1. The molecule has 3 N–H and O–H groups in total. The van der Waals surface area contributed by atoms with Gasteiger partial charge in [0.05, 0.1) is 12.4 Å². The molecule has 0 aliphatic rings. The normalized spacial score (nSPS) is 10.2. The average Bonchev–Trinajstić information content (AvgIpc) is 2.96. The van der Waals surface area contributed by atoms with Gasteiger partial charge in [-0.2, -0.15) is 5.10 Å². The third-order valence-corrected chi connectivity index (χ3v) is 2.48. The van der Waals surface area contributed by atoms with E-state index in [0.29, 0.717) is 18.1 Å². The third kappa shape index (κ3) is 3.73. The first kappa shape index (κ1) is 12.9. The summed E-state index contributed by atoms with van der Waals surface area (Å²) in [4.78, 5) is 23.8. The molecule has 0 saturated carbocycles. The van der Waals surface area contributed by atoms with Crippen molar-refractivity contribution in [2.75, 3.05) is 18.9 Å². The second-order valence-electron chi connectivity index (χ2n) is 3.83. The summed E-state index contributed by atoms with van der Waals surface area (Å²) in [6.07, 6.45) is 5.95. The Morgan fingerprint density at radius 3 is 2.84 bits per heavy atom. The number of aromatic amines is 1. The Morgan fingerprint density at radius 2 is 2.21 bits per heavy atom. The van der Waals surface area contributed by atoms with Crippen molar-refractivity contribution in [3.8, 4) is 0 Å². The van der Waals surface area contributed by atoms with Gasteiger partial charge in [0.2, 0.25) is 0 Å². The molecule has 19 heavy (non-hydrogen) atoms. The Kier molecular flexibility index (Phi) is 4.38. The van der Waals surface area contributed by atoms with Crippen LogP contribution in [0.25, 0.3) is 0 Å². The van der Waals surface area contributed by atoms with E-state index < -0.39 is 0 Å². The minimum Gasteiger partial charge on any atom is -0.372 e. The molecule has 0 bridgehead atoms. The molecule has 0 unspecified atom stereocenters. The molecule has 2 aromatic rings. The van der Waals surface area contributed by atoms with E-state index in [1.807, 2.05) is 0 Å². The highest BCUT2D eigenvalue weighted by atomic mass is 16.1. The highest BCUT2D eigenvalue weighted by Gasteiger charge is 2.07. The van der Waals surface area contributed by atoms with E-state index in [1.54, 1.807) is 7.05 Å². The molecule has 2 aromatic heterocycles. The van der Waals surface area contributed by atoms with E-state index >= 15 is 0 Å². The van der Waals surface area contributed by atoms with Crippen molar-refractivity contribution in [2.24, 2.45) is 0 Å². The fraction of sp³-hybridized carbons (Fsp3) is 0.364. The van der Waals surface area contributed by atoms with E-state index in [1.165, 1.54) is 18.7 Å². The highest BCUT2D eigenvalue weighted by Crippen LogP contribution is 1.99. The van der Waals surface area contributed by atoms with Crippen molar-refractivity contribution in [3.05, 3.63) is 30.2 Å². The van der Waals surface area contributed by atoms with Crippen LogP contribution in [0.5, 0.6) is 0 Å². The van der Waals surface area contributed by atoms with Crippen LogP contribution in [0, 0.1) is 0 Å². The maximum atomic E-state index is 11.7. The molecule has 100 valence electrons. The number of hydrogen-bond acceptors (Lipinski definition) is 6. The van der Waals surface area contributed by atoms with Gasteiger partial charge in [0.25, 0.3) is 5.91 Å². The summed E-state index contributed by atoms with van der Waals surface area (Å²) in [6, 6.07) is 0. The van der Waals surface area contributed by atoms with Crippen molar-refractivity contribution in [2.45, 2.75) is 12.8 Å². The Bertz CT molecular complexity index is 508. The van der Waals surface area contributed by atoms with Gasteiger partial charge in [-0.3, -0.25) is 9.89 Å². The first-order valence-electron chi connectivity index (χ1n) is 5.92.